The van der Waals surface area contributed by atoms with Crippen molar-refractivity contribution in [1.29, 1.82) is 0 Å². The SMILES string of the molecule is CN(C(=O)c1ccsc1)C1CCC(NC(=O)OC(C)(C)C)CC1. The van der Waals surface area contributed by atoms with E-state index in [0.717, 1.165) is 31.2 Å². The quantitative estimate of drug-likeness (QED) is 0.915. The molecule has 0 bridgehead atoms. The Morgan fingerprint density at radius 2 is 1.91 bits per heavy atom. The molecule has 1 N–H and O–H groups in total. The molecule has 1 heterocycles. The summed E-state index contributed by atoms with van der Waals surface area (Å²) in [5, 5.41) is 6.73. The van der Waals surface area contributed by atoms with E-state index in [1.165, 1.54) is 11.3 Å². The third-order valence-corrected chi connectivity index (χ3v) is 4.74. The second kappa shape index (κ2) is 7.34. The number of rotatable bonds is 3. The maximum Gasteiger partial charge on any atom is 0.407 e. The molecule has 1 aromatic rings. The highest BCUT2D eigenvalue weighted by Gasteiger charge is 2.28. The molecule has 0 atom stereocenters. The summed E-state index contributed by atoms with van der Waals surface area (Å²) in [5.41, 5.74) is 0.278. The van der Waals surface area contributed by atoms with E-state index in [1.807, 2.05) is 49.5 Å². The van der Waals surface area contributed by atoms with E-state index >= 15 is 0 Å². The Labute approximate surface area is 142 Å². The molecule has 2 rings (SSSR count). The first-order valence-corrected chi connectivity index (χ1v) is 8.99. The van der Waals surface area contributed by atoms with Gasteiger partial charge in [0.2, 0.25) is 0 Å². The Kier molecular flexibility index (Phi) is 5.68. The summed E-state index contributed by atoms with van der Waals surface area (Å²) in [6, 6.07) is 2.23. The smallest absolute Gasteiger partial charge is 0.407 e. The average molecular weight is 338 g/mol. The van der Waals surface area contributed by atoms with Gasteiger partial charge in [-0.3, -0.25) is 4.79 Å². The topological polar surface area (TPSA) is 58.6 Å². The van der Waals surface area contributed by atoms with E-state index in [-0.39, 0.29) is 24.1 Å². The van der Waals surface area contributed by atoms with Crippen LogP contribution in [0.25, 0.3) is 0 Å². The van der Waals surface area contributed by atoms with E-state index < -0.39 is 5.60 Å². The van der Waals surface area contributed by atoms with Crippen LogP contribution in [0.3, 0.4) is 0 Å². The highest BCUT2D eigenvalue weighted by Crippen LogP contribution is 2.24. The first-order valence-electron chi connectivity index (χ1n) is 8.05. The Morgan fingerprint density at radius 3 is 2.43 bits per heavy atom. The Balaban J connectivity index is 1.79. The van der Waals surface area contributed by atoms with Crippen molar-refractivity contribution in [2.45, 2.75) is 64.1 Å². The van der Waals surface area contributed by atoms with Gasteiger partial charge in [0.05, 0.1) is 5.56 Å². The van der Waals surface area contributed by atoms with Crippen LogP contribution < -0.4 is 5.32 Å². The molecule has 0 unspecified atom stereocenters. The first-order chi connectivity index (χ1) is 10.8. The van der Waals surface area contributed by atoms with Gasteiger partial charge in [0.25, 0.3) is 5.91 Å². The van der Waals surface area contributed by atoms with Gasteiger partial charge in [0.15, 0.2) is 0 Å². The number of ether oxygens (including phenoxy) is 1. The summed E-state index contributed by atoms with van der Waals surface area (Å²) in [5.74, 6) is 0.0785. The van der Waals surface area contributed by atoms with Crippen molar-refractivity contribution < 1.29 is 14.3 Å². The van der Waals surface area contributed by atoms with Crippen molar-refractivity contribution in [3.05, 3.63) is 22.4 Å². The molecule has 0 aromatic carbocycles. The number of nitrogens with zero attached hydrogens (tertiary/aromatic N) is 1. The lowest BCUT2D eigenvalue weighted by Crippen LogP contribution is -2.45. The second-order valence-electron chi connectivity index (χ2n) is 7.08. The van der Waals surface area contributed by atoms with E-state index in [0.29, 0.717) is 0 Å². The van der Waals surface area contributed by atoms with Gasteiger partial charge >= 0.3 is 6.09 Å². The van der Waals surface area contributed by atoms with Gasteiger partial charge in [-0.15, -0.1) is 0 Å². The van der Waals surface area contributed by atoms with Crippen molar-refractivity contribution in [3.63, 3.8) is 0 Å². The minimum absolute atomic E-state index is 0.0785. The molecule has 6 heteroatoms. The molecule has 1 aliphatic rings. The fourth-order valence-corrected chi connectivity index (χ4v) is 3.47. The lowest BCUT2D eigenvalue weighted by Gasteiger charge is -2.35. The molecule has 1 fully saturated rings. The lowest BCUT2D eigenvalue weighted by atomic mass is 9.90. The number of thiophene rings is 1. The monoisotopic (exact) mass is 338 g/mol. The van der Waals surface area contributed by atoms with Gasteiger partial charge in [-0.25, -0.2) is 4.79 Å². The van der Waals surface area contributed by atoms with Crippen molar-refractivity contribution in [2.24, 2.45) is 0 Å². The van der Waals surface area contributed by atoms with Crippen LogP contribution in [0.15, 0.2) is 16.8 Å². The van der Waals surface area contributed by atoms with Crippen LogP contribution in [0.1, 0.15) is 56.8 Å². The van der Waals surface area contributed by atoms with Crippen LogP contribution in [0.2, 0.25) is 0 Å². The molecule has 2 amide bonds. The average Bonchev–Trinajstić information content (AvgIpc) is 2.98. The molecule has 1 aromatic heterocycles. The maximum absolute atomic E-state index is 12.4. The minimum atomic E-state index is -0.478. The predicted octanol–water partition coefficient (Wildman–Crippen LogP) is 3.66. The number of hydrogen-bond donors (Lipinski definition) is 1. The number of amides is 2. The van der Waals surface area contributed by atoms with Crippen LogP contribution >= 0.6 is 11.3 Å². The number of alkyl carbamates (subject to hydrolysis) is 1. The van der Waals surface area contributed by atoms with Gasteiger partial charge in [-0.2, -0.15) is 11.3 Å². The Bertz CT molecular complexity index is 529. The molecule has 0 saturated heterocycles. The summed E-state index contributed by atoms with van der Waals surface area (Å²) in [6.07, 6.45) is 3.17. The molecule has 0 spiro atoms. The van der Waals surface area contributed by atoms with Crippen LogP contribution in [-0.4, -0.2) is 41.6 Å². The summed E-state index contributed by atoms with van der Waals surface area (Å²) in [7, 11) is 1.87. The van der Waals surface area contributed by atoms with Crippen molar-refractivity contribution >= 4 is 23.3 Å². The molecule has 128 valence electrons. The highest BCUT2D eigenvalue weighted by atomic mass is 32.1. The van der Waals surface area contributed by atoms with E-state index in [4.69, 9.17) is 4.74 Å². The number of carbonyl (C=O) groups excluding carboxylic acids is 2. The number of nitrogens with one attached hydrogen (secondary N) is 1. The standard InChI is InChI=1S/C17H26N2O3S/c1-17(2,3)22-16(21)18-13-5-7-14(8-6-13)19(4)15(20)12-9-10-23-11-12/h9-11,13-14H,5-8H2,1-4H3,(H,18,21). The summed E-state index contributed by atoms with van der Waals surface area (Å²) < 4.78 is 5.29. The van der Waals surface area contributed by atoms with Crippen LogP contribution in [-0.2, 0) is 4.74 Å². The van der Waals surface area contributed by atoms with E-state index in [1.54, 1.807) is 0 Å². The van der Waals surface area contributed by atoms with Gasteiger partial charge in [-0.05, 0) is 57.9 Å². The highest BCUT2D eigenvalue weighted by molar-refractivity contribution is 7.08. The zero-order valence-electron chi connectivity index (χ0n) is 14.3. The minimum Gasteiger partial charge on any atom is -0.444 e. The van der Waals surface area contributed by atoms with Gasteiger partial charge in [0, 0.05) is 24.5 Å². The third-order valence-electron chi connectivity index (χ3n) is 4.05. The largest absolute Gasteiger partial charge is 0.444 e. The van der Waals surface area contributed by atoms with Crippen LogP contribution in [0.4, 0.5) is 4.79 Å². The summed E-state index contributed by atoms with van der Waals surface area (Å²) in [4.78, 5) is 26.0. The molecule has 23 heavy (non-hydrogen) atoms. The van der Waals surface area contributed by atoms with E-state index in [2.05, 4.69) is 5.32 Å². The predicted molar refractivity (Wildman–Crippen MR) is 91.8 cm³/mol. The molecule has 0 radical (unpaired) electrons. The number of hydrogen-bond acceptors (Lipinski definition) is 4. The van der Waals surface area contributed by atoms with Crippen molar-refractivity contribution in [3.8, 4) is 0 Å². The molecule has 1 saturated carbocycles. The second-order valence-corrected chi connectivity index (χ2v) is 7.86. The fraction of sp³-hybridized carbons (Fsp3) is 0.647. The zero-order chi connectivity index (χ0) is 17.0. The molecule has 1 aliphatic carbocycles. The first kappa shape index (κ1) is 17.8. The Morgan fingerprint density at radius 1 is 1.26 bits per heavy atom. The Hall–Kier alpha value is -1.56. The van der Waals surface area contributed by atoms with Gasteiger partial charge in [0.1, 0.15) is 5.60 Å². The lowest BCUT2D eigenvalue weighted by molar-refractivity contribution is 0.0469. The summed E-state index contributed by atoms with van der Waals surface area (Å²) in [6.45, 7) is 5.57. The van der Waals surface area contributed by atoms with E-state index in [9.17, 15) is 9.59 Å². The number of carbonyl (C=O) groups is 2. The molecular weight excluding hydrogens is 312 g/mol. The third kappa shape index (κ3) is 5.23. The maximum atomic E-state index is 12.4. The fourth-order valence-electron chi connectivity index (χ4n) is 2.84. The normalized spacial score (nSPS) is 21.6. The van der Waals surface area contributed by atoms with Crippen LogP contribution in [0, 0.1) is 0 Å². The van der Waals surface area contributed by atoms with Crippen molar-refractivity contribution in [2.75, 3.05) is 7.05 Å². The molecular formula is C17H26N2O3S. The molecule has 0 aliphatic heterocycles. The van der Waals surface area contributed by atoms with Crippen LogP contribution in [0.5, 0.6) is 0 Å². The molecule has 5 nitrogen and oxygen atoms in total. The van der Waals surface area contributed by atoms with Gasteiger partial charge < -0.3 is 15.0 Å². The van der Waals surface area contributed by atoms with Crippen molar-refractivity contribution in [1.82, 2.24) is 10.2 Å². The van der Waals surface area contributed by atoms with Gasteiger partial charge in [-0.1, -0.05) is 0 Å². The zero-order valence-corrected chi connectivity index (χ0v) is 15.1. The summed E-state index contributed by atoms with van der Waals surface area (Å²) >= 11 is 1.53.